The molecule has 15 heavy (non-hydrogen) atoms. The normalized spacial score (nSPS) is 29.5. The topological polar surface area (TPSA) is 58.4 Å². The van der Waals surface area contributed by atoms with Gasteiger partial charge in [-0.1, -0.05) is 5.16 Å². The number of likely N-dealkylation sites (tertiary alicyclic amines) is 1. The van der Waals surface area contributed by atoms with Crippen molar-refractivity contribution in [1.82, 2.24) is 15.4 Å². The molecule has 3 heterocycles. The lowest BCUT2D eigenvalue weighted by Gasteiger charge is -2.24. The summed E-state index contributed by atoms with van der Waals surface area (Å²) in [5.74, 6) is 0.667. The first-order valence-electron chi connectivity index (χ1n) is 5.25. The van der Waals surface area contributed by atoms with Crippen LogP contribution in [0.15, 0.2) is 17.0 Å². The fraction of sp³-hybridized carbons (Fsp3) is 0.600. The van der Waals surface area contributed by atoms with Crippen LogP contribution >= 0.6 is 0 Å². The number of nitrogens with zero attached hydrogens (tertiary/aromatic N) is 2. The molecule has 2 atom stereocenters. The van der Waals surface area contributed by atoms with Gasteiger partial charge in [-0.05, 0) is 18.9 Å². The third kappa shape index (κ3) is 1.43. The van der Waals surface area contributed by atoms with E-state index in [0.717, 1.165) is 26.1 Å². The Morgan fingerprint density at radius 2 is 2.53 bits per heavy atom. The Kier molecular flexibility index (Phi) is 1.98. The van der Waals surface area contributed by atoms with E-state index in [2.05, 4.69) is 10.5 Å². The molecule has 80 valence electrons. The van der Waals surface area contributed by atoms with E-state index in [1.807, 2.05) is 4.90 Å². The highest BCUT2D eigenvalue weighted by Gasteiger charge is 2.38. The average Bonchev–Trinajstić information content (AvgIpc) is 2.86. The largest absolute Gasteiger partial charge is 0.364 e. The summed E-state index contributed by atoms with van der Waals surface area (Å²) in [5.41, 5.74) is 0.558. The minimum absolute atomic E-state index is 0.0486. The van der Waals surface area contributed by atoms with Crippen LogP contribution in [0.2, 0.25) is 0 Å². The van der Waals surface area contributed by atoms with Crippen LogP contribution in [-0.2, 0) is 0 Å². The van der Waals surface area contributed by atoms with Gasteiger partial charge in [0.15, 0.2) is 0 Å². The van der Waals surface area contributed by atoms with E-state index in [4.69, 9.17) is 4.52 Å². The molecule has 1 N–H and O–H groups in total. The number of hydrogen-bond acceptors (Lipinski definition) is 4. The number of amides is 1. The van der Waals surface area contributed by atoms with E-state index in [0.29, 0.717) is 17.5 Å². The number of carbonyl (C=O) groups is 1. The molecule has 0 spiro atoms. The molecule has 2 unspecified atom stereocenters. The van der Waals surface area contributed by atoms with Gasteiger partial charge in [0.2, 0.25) is 0 Å². The standard InChI is InChI=1S/C10H13N3O2/c14-10(8-3-12-15-6-8)13-5-7-1-9(13)4-11-2-7/h3,6-7,9,11H,1-2,4-5H2. The maximum atomic E-state index is 12.0. The van der Waals surface area contributed by atoms with Crippen LogP contribution in [0.1, 0.15) is 16.8 Å². The van der Waals surface area contributed by atoms with Crippen molar-refractivity contribution in [2.75, 3.05) is 19.6 Å². The van der Waals surface area contributed by atoms with E-state index in [1.54, 1.807) is 0 Å². The zero-order valence-electron chi connectivity index (χ0n) is 8.35. The molecular weight excluding hydrogens is 194 g/mol. The number of hydrogen-bond donors (Lipinski definition) is 1. The molecule has 1 aromatic heterocycles. The lowest BCUT2D eigenvalue weighted by atomic mass is 10.0. The molecule has 2 fully saturated rings. The van der Waals surface area contributed by atoms with E-state index < -0.39 is 0 Å². The fourth-order valence-electron chi connectivity index (χ4n) is 2.53. The van der Waals surface area contributed by atoms with Crippen molar-refractivity contribution in [2.45, 2.75) is 12.5 Å². The summed E-state index contributed by atoms with van der Waals surface area (Å²) in [5, 5.41) is 6.91. The molecule has 0 aliphatic carbocycles. The molecule has 3 rings (SSSR count). The molecule has 0 aromatic carbocycles. The summed E-state index contributed by atoms with van der Waals surface area (Å²) in [6.07, 6.45) is 4.03. The molecule has 1 amide bonds. The van der Waals surface area contributed by atoms with Crippen molar-refractivity contribution < 1.29 is 9.32 Å². The highest BCUT2D eigenvalue weighted by atomic mass is 16.5. The van der Waals surface area contributed by atoms with Crippen molar-refractivity contribution in [2.24, 2.45) is 5.92 Å². The van der Waals surface area contributed by atoms with Crippen LogP contribution in [0.25, 0.3) is 0 Å². The Morgan fingerprint density at radius 1 is 1.60 bits per heavy atom. The second-order valence-electron chi connectivity index (χ2n) is 4.28. The molecule has 2 bridgehead atoms. The van der Waals surface area contributed by atoms with Crippen molar-refractivity contribution >= 4 is 5.91 Å². The molecule has 1 aromatic rings. The molecule has 5 heteroatoms. The van der Waals surface area contributed by atoms with E-state index in [1.165, 1.54) is 12.5 Å². The number of aromatic nitrogens is 1. The van der Waals surface area contributed by atoms with Crippen LogP contribution in [0.4, 0.5) is 0 Å². The smallest absolute Gasteiger partial charge is 0.259 e. The second-order valence-corrected chi connectivity index (χ2v) is 4.28. The summed E-state index contributed by atoms with van der Waals surface area (Å²) < 4.78 is 4.69. The third-order valence-corrected chi connectivity index (χ3v) is 3.25. The molecular formula is C10H13N3O2. The van der Waals surface area contributed by atoms with Gasteiger partial charge in [0.05, 0.1) is 11.8 Å². The van der Waals surface area contributed by atoms with Gasteiger partial charge in [0, 0.05) is 19.1 Å². The first-order valence-corrected chi connectivity index (χ1v) is 5.25. The quantitative estimate of drug-likeness (QED) is 0.710. The first-order chi connectivity index (χ1) is 7.34. The molecule has 5 nitrogen and oxygen atoms in total. The predicted molar refractivity (Wildman–Crippen MR) is 52.3 cm³/mol. The first kappa shape index (κ1) is 8.91. The summed E-state index contributed by atoms with van der Waals surface area (Å²) in [7, 11) is 0. The summed E-state index contributed by atoms with van der Waals surface area (Å²) in [4.78, 5) is 14.0. The molecule has 2 aliphatic rings. The Bertz CT molecular complexity index is 363. The second kappa shape index (κ2) is 3.34. The summed E-state index contributed by atoms with van der Waals surface area (Å²) in [6.45, 7) is 2.80. The van der Waals surface area contributed by atoms with Crippen LogP contribution in [0.5, 0.6) is 0 Å². The van der Waals surface area contributed by atoms with Crippen molar-refractivity contribution in [3.8, 4) is 0 Å². The van der Waals surface area contributed by atoms with E-state index in [-0.39, 0.29) is 5.91 Å². The zero-order valence-corrected chi connectivity index (χ0v) is 8.35. The molecule has 2 aliphatic heterocycles. The number of carbonyl (C=O) groups excluding carboxylic acids is 1. The van der Waals surface area contributed by atoms with Gasteiger partial charge in [-0.15, -0.1) is 0 Å². The average molecular weight is 207 g/mol. The minimum Gasteiger partial charge on any atom is -0.364 e. The monoisotopic (exact) mass is 207 g/mol. The Morgan fingerprint density at radius 3 is 3.27 bits per heavy atom. The van der Waals surface area contributed by atoms with Crippen LogP contribution in [0, 0.1) is 5.92 Å². The number of nitrogens with one attached hydrogen (secondary N) is 1. The van der Waals surface area contributed by atoms with Gasteiger partial charge in [-0.2, -0.15) is 0 Å². The number of fused-ring (bicyclic) bond motifs is 2. The zero-order chi connectivity index (χ0) is 10.3. The maximum Gasteiger partial charge on any atom is 0.259 e. The van der Waals surface area contributed by atoms with Gasteiger partial charge < -0.3 is 14.7 Å². The Labute approximate surface area is 87.4 Å². The lowest BCUT2D eigenvalue weighted by Crippen LogP contribution is -2.41. The van der Waals surface area contributed by atoms with Crippen molar-refractivity contribution in [3.63, 3.8) is 0 Å². The SMILES string of the molecule is O=C(c1cnoc1)N1CC2CNCC1C2. The number of rotatable bonds is 1. The predicted octanol–water partition coefficient (Wildman–Crippen LogP) is 0.108. The van der Waals surface area contributed by atoms with Crippen molar-refractivity contribution in [3.05, 3.63) is 18.0 Å². The van der Waals surface area contributed by atoms with Crippen LogP contribution in [0.3, 0.4) is 0 Å². The van der Waals surface area contributed by atoms with Crippen LogP contribution in [-0.4, -0.2) is 41.6 Å². The summed E-state index contributed by atoms with van der Waals surface area (Å²) >= 11 is 0. The van der Waals surface area contributed by atoms with Gasteiger partial charge in [0.1, 0.15) is 6.26 Å². The van der Waals surface area contributed by atoms with Crippen LogP contribution < -0.4 is 5.32 Å². The maximum absolute atomic E-state index is 12.0. The Hall–Kier alpha value is -1.36. The van der Waals surface area contributed by atoms with E-state index in [9.17, 15) is 4.79 Å². The van der Waals surface area contributed by atoms with Gasteiger partial charge in [-0.3, -0.25) is 4.79 Å². The highest BCUT2D eigenvalue weighted by Crippen LogP contribution is 2.27. The van der Waals surface area contributed by atoms with Gasteiger partial charge in [-0.25, -0.2) is 0 Å². The summed E-state index contributed by atoms with van der Waals surface area (Å²) in [6, 6.07) is 0.353. The fourth-order valence-corrected chi connectivity index (χ4v) is 2.53. The molecule has 2 saturated heterocycles. The Balaban J connectivity index is 1.80. The minimum atomic E-state index is 0.0486. The lowest BCUT2D eigenvalue weighted by molar-refractivity contribution is 0.0739. The van der Waals surface area contributed by atoms with Gasteiger partial charge in [0.25, 0.3) is 5.91 Å². The number of piperidine rings is 1. The van der Waals surface area contributed by atoms with Crippen molar-refractivity contribution in [1.29, 1.82) is 0 Å². The van der Waals surface area contributed by atoms with Gasteiger partial charge >= 0.3 is 0 Å². The highest BCUT2D eigenvalue weighted by molar-refractivity contribution is 5.94. The molecule has 0 radical (unpaired) electrons. The van der Waals surface area contributed by atoms with E-state index >= 15 is 0 Å². The third-order valence-electron chi connectivity index (χ3n) is 3.25. The molecule has 0 saturated carbocycles.